The van der Waals surface area contributed by atoms with E-state index in [1.807, 2.05) is 37.5 Å². The van der Waals surface area contributed by atoms with E-state index in [-0.39, 0.29) is 16.5 Å². The van der Waals surface area contributed by atoms with Crippen LogP contribution in [0, 0.1) is 13.8 Å². The molecular weight excluding hydrogens is 416 g/mol. The van der Waals surface area contributed by atoms with Crippen molar-refractivity contribution in [2.75, 3.05) is 0 Å². The Labute approximate surface area is 205 Å². The predicted octanol–water partition coefficient (Wildman–Crippen LogP) is 7.59. The molecule has 6 rings (SSSR count). The molecule has 2 aromatic carbocycles. The van der Waals surface area contributed by atoms with Crippen molar-refractivity contribution in [1.82, 2.24) is 4.98 Å². The highest BCUT2D eigenvalue weighted by Gasteiger charge is 2.39. The van der Waals surface area contributed by atoms with Gasteiger partial charge < -0.3 is 4.42 Å². The Bertz CT molecular complexity index is 1740. The Morgan fingerprint density at radius 3 is 2.47 bits per heavy atom. The number of hydrogen-bond donors (Lipinski definition) is 0. The summed E-state index contributed by atoms with van der Waals surface area (Å²) in [7, 11) is 2.03. The van der Waals surface area contributed by atoms with E-state index in [0.29, 0.717) is 16.5 Å². The maximum Gasteiger partial charge on any atom is 0.216 e. The number of pyridine rings is 2. The van der Waals surface area contributed by atoms with Crippen LogP contribution in [-0.4, -0.2) is 4.98 Å². The molecule has 0 spiro atoms. The zero-order valence-corrected chi connectivity index (χ0v) is 20.8. The van der Waals surface area contributed by atoms with E-state index in [1.165, 1.54) is 11.1 Å². The third kappa shape index (κ3) is 2.82. The van der Waals surface area contributed by atoms with Crippen molar-refractivity contribution in [2.45, 2.75) is 65.1 Å². The van der Waals surface area contributed by atoms with E-state index in [2.05, 4.69) is 57.4 Å². The van der Waals surface area contributed by atoms with Crippen molar-refractivity contribution >= 4 is 32.8 Å². The number of aromatic nitrogens is 2. The van der Waals surface area contributed by atoms with Crippen LogP contribution in [0.15, 0.2) is 53.1 Å². The zero-order valence-electron chi connectivity index (χ0n) is 23.8. The number of fused-ring (bicyclic) bond motifs is 7. The van der Waals surface area contributed by atoms with Gasteiger partial charge in [-0.1, -0.05) is 45.9 Å². The summed E-state index contributed by atoms with van der Waals surface area (Å²) in [4.78, 5) is 4.82. The molecule has 0 N–H and O–H groups in total. The average Bonchev–Trinajstić information content (AvgIpc) is 3.19. The van der Waals surface area contributed by atoms with Crippen molar-refractivity contribution in [3.63, 3.8) is 0 Å². The summed E-state index contributed by atoms with van der Waals surface area (Å²) >= 11 is 0. The summed E-state index contributed by atoms with van der Waals surface area (Å²) < 4.78 is 34.1. The largest absolute Gasteiger partial charge is 0.453 e. The SMILES string of the molecule is [2H]C([2H])([2H])c1nc2c3ccc(C)c(-c4cccc[n+]4C)c3oc2c2c3c(ccc12)C(C)(C)CCC3(C)C. The topological polar surface area (TPSA) is 29.9 Å². The van der Waals surface area contributed by atoms with Crippen molar-refractivity contribution < 1.29 is 13.1 Å². The van der Waals surface area contributed by atoms with Crippen molar-refractivity contribution in [1.29, 1.82) is 0 Å². The van der Waals surface area contributed by atoms with Crippen LogP contribution in [-0.2, 0) is 17.9 Å². The van der Waals surface area contributed by atoms with Gasteiger partial charge in [0.1, 0.15) is 12.6 Å². The Morgan fingerprint density at radius 1 is 0.941 bits per heavy atom. The smallest absolute Gasteiger partial charge is 0.216 e. The molecule has 0 aliphatic heterocycles. The van der Waals surface area contributed by atoms with E-state index in [4.69, 9.17) is 13.5 Å². The van der Waals surface area contributed by atoms with Gasteiger partial charge in [0.15, 0.2) is 17.4 Å². The first-order chi connectivity index (χ1) is 17.3. The van der Waals surface area contributed by atoms with Gasteiger partial charge in [-0.05, 0) is 66.3 Å². The summed E-state index contributed by atoms with van der Waals surface area (Å²) in [5, 5.41) is 2.42. The number of aryl methyl sites for hydroxylation is 3. The van der Waals surface area contributed by atoms with E-state index in [9.17, 15) is 0 Å². The molecule has 3 heteroatoms. The van der Waals surface area contributed by atoms with Gasteiger partial charge in [0.2, 0.25) is 5.69 Å². The molecule has 3 aromatic heterocycles. The van der Waals surface area contributed by atoms with E-state index < -0.39 is 6.85 Å². The summed E-state index contributed by atoms with van der Waals surface area (Å²) in [6, 6.07) is 14.3. The standard InChI is InChI=1S/C31H33N2O/c1-18-11-12-21-27-29(34-28(21)24(18)23-10-8-9-17-33(23)7)25-20(19(2)32-27)13-14-22-26(25)31(5,6)16-15-30(22,3)4/h8-14,17H,15-16H2,1-7H3/q+1/i2D3. The van der Waals surface area contributed by atoms with Gasteiger partial charge in [0.05, 0.1) is 5.56 Å². The maximum atomic E-state index is 8.38. The van der Waals surface area contributed by atoms with Gasteiger partial charge in [-0.25, -0.2) is 9.55 Å². The first kappa shape index (κ1) is 18.2. The lowest BCUT2D eigenvalue weighted by Crippen LogP contribution is -2.34. The van der Waals surface area contributed by atoms with E-state index in [1.54, 1.807) is 0 Å². The molecule has 3 heterocycles. The van der Waals surface area contributed by atoms with Crippen LogP contribution >= 0.6 is 0 Å². The van der Waals surface area contributed by atoms with Gasteiger partial charge >= 0.3 is 0 Å². The van der Waals surface area contributed by atoms with Gasteiger partial charge in [0.25, 0.3) is 0 Å². The first-order valence-corrected chi connectivity index (χ1v) is 12.1. The third-order valence-electron chi connectivity index (χ3n) is 8.04. The summed E-state index contributed by atoms with van der Waals surface area (Å²) in [6.07, 6.45) is 4.12. The lowest BCUT2D eigenvalue weighted by Gasteiger charge is -2.42. The van der Waals surface area contributed by atoms with Crippen molar-refractivity contribution in [3.8, 4) is 11.3 Å². The Hall–Kier alpha value is -3.20. The van der Waals surface area contributed by atoms with Crippen LogP contribution in [0.3, 0.4) is 0 Å². The number of rotatable bonds is 1. The monoisotopic (exact) mass is 452 g/mol. The Kier molecular flexibility index (Phi) is 3.69. The fraction of sp³-hybridized carbons (Fsp3) is 0.355. The maximum absolute atomic E-state index is 8.38. The third-order valence-corrected chi connectivity index (χ3v) is 8.04. The lowest BCUT2D eigenvalue weighted by atomic mass is 9.62. The van der Waals surface area contributed by atoms with Crippen LogP contribution in [0.2, 0.25) is 0 Å². The number of benzene rings is 2. The lowest BCUT2D eigenvalue weighted by molar-refractivity contribution is -0.660. The summed E-state index contributed by atoms with van der Waals surface area (Å²) in [6.45, 7) is 8.84. The second kappa shape index (κ2) is 6.91. The molecule has 1 aliphatic rings. The van der Waals surface area contributed by atoms with Gasteiger partial charge in [-0.15, -0.1) is 0 Å². The summed E-state index contributed by atoms with van der Waals surface area (Å²) in [5.41, 5.74) is 7.66. The zero-order chi connectivity index (χ0) is 26.5. The van der Waals surface area contributed by atoms with Crippen LogP contribution < -0.4 is 4.57 Å². The molecule has 3 nitrogen and oxygen atoms in total. The second-order valence-corrected chi connectivity index (χ2v) is 11.2. The van der Waals surface area contributed by atoms with Crippen LogP contribution in [0.1, 0.15) is 67.0 Å². The first-order valence-electron chi connectivity index (χ1n) is 13.6. The molecule has 0 unspecified atom stereocenters. The molecule has 0 fully saturated rings. The molecule has 0 atom stereocenters. The van der Waals surface area contributed by atoms with Gasteiger partial charge in [-0.2, -0.15) is 0 Å². The fourth-order valence-electron chi connectivity index (χ4n) is 5.99. The van der Waals surface area contributed by atoms with Crippen LogP contribution in [0.5, 0.6) is 0 Å². The summed E-state index contributed by atoms with van der Waals surface area (Å²) in [5.74, 6) is 0. The Morgan fingerprint density at radius 2 is 1.71 bits per heavy atom. The van der Waals surface area contributed by atoms with Crippen molar-refractivity contribution in [2.24, 2.45) is 7.05 Å². The molecule has 1 aliphatic carbocycles. The Balaban J connectivity index is 1.87. The minimum atomic E-state index is -2.35. The fourth-order valence-corrected chi connectivity index (χ4v) is 5.99. The molecule has 0 saturated carbocycles. The van der Waals surface area contributed by atoms with Crippen molar-refractivity contribution in [3.05, 3.63) is 71.0 Å². The average molecular weight is 453 g/mol. The molecule has 0 radical (unpaired) electrons. The highest BCUT2D eigenvalue weighted by atomic mass is 16.3. The number of nitrogens with zero attached hydrogens (tertiary/aromatic N) is 2. The van der Waals surface area contributed by atoms with Gasteiger partial charge in [0, 0.05) is 38.1 Å². The number of hydrogen-bond acceptors (Lipinski definition) is 2. The van der Waals surface area contributed by atoms with Crippen LogP contribution in [0.25, 0.3) is 44.1 Å². The molecule has 0 saturated heterocycles. The molecule has 0 bridgehead atoms. The number of furan rings is 1. The highest BCUT2D eigenvalue weighted by molar-refractivity contribution is 6.17. The van der Waals surface area contributed by atoms with Crippen LogP contribution in [0.4, 0.5) is 0 Å². The quantitative estimate of drug-likeness (QED) is 0.245. The molecular formula is C31H33N2O+. The predicted molar refractivity (Wildman–Crippen MR) is 140 cm³/mol. The minimum Gasteiger partial charge on any atom is -0.453 e. The highest BCUT2D eigenvalue weighted by Crippen LogP contribution is 2.51. The normalized spacial score (nSPS) is 18.6. The van der Waals surface area contributed by atoms with Gasteiger partial charge in [-0.3, -0.25) is 0 Å². The minimum absolute atomic E-state index is 0.0136. The molecule has 172 valence electrons. The second-order valence-electron chi connectivity index (χ2n) is 11.2. The molecule has 5 aromatic rings. The van der Waals surface area contributed by atoms with E-state index >= 15 is 0 Å². The molecule has 34 heavy (non-hydrogen) atoms. The molecule has 0 amide bonds. The van der Waals surface area contributed by atoms with E-state index in [0.717, 1.165) is 46.0 Å².